The van der Waals surface area contributed by atoms with Gasteiger partial charge in [0.2, 0.25) is 0 Å². The molecule has 0 unspecified atom stereocenters. The van der Waals surface area contributed by atoms with Gasteiger partial charge in [0, 0.05) is 26.2 Å². The number of carbonyl (C=O) groups excluding carboxylic acids is 1. The Morgan fingerprint density at radius 2 is 1.71 bits per heavy atom. The highest BCUT2D eigenvalue weighted by Gasteiger charge is 2.34. The average Bonchev–Trinajstić information content (AvgIpc) is 2.74. The number of amides is 2. The summed E-state index contributed by atoms with van der Waals surface area (Å²) in [7, 11) is 0. The second kappa shape index (κ2) is 8.38. The fraction of sp³-hybridized carbons (Fsp3) is 0.286. The SMILES string of the molecule is O=C(Nc1ccccc1C(F)(F)F)N1CCN(Cc2nc3ccccc3c(=O)[nH]2)CC1. The molecule has 2 aromatic carbocycles. The van der Waals surface area contributed by atoms with Crippen molar-refractivity contribution in [1.29, 1.82) is 0 Å². The predicted molar refractivity (Wildman–Crippen MR) is 110 cm³/mol. The maximum atomic E-state index is 13.1. The molecule has 162 valence electrons. The summed E-state index contributed by atoms with van der Waals surface area (Å²) < 4.78 is 39.4. The van der Waals surface area contributed by atoms with E-state index in [1.807, 2.05) is 11.0 Å². The molecule has 1 aliphatic heterocycles. The van der Waals surface area contributed by atoms with Crippen molar-refractivity contribution in [2.24, 2.45) is 0 Å². The van der Waals surface area contributed by atoms with E-state index in [1.165, 1.54) is 23.1 Å². The van der Waals surface area contributed by atoms with Crippen molar-refractivity contribution < 1.29 is 18.0 Å². The second-order valence-electron chi connectivity index (χ2n) is 7.27. The number of urea groups is 1. The zero-order valence-electron chi connectivity index (χ0n) is 16.4. The molecule has 0 atom stereocenters. The van der Waals surface area contributed by atoms with E-state index in [0.717, 1.165) is 6.07 Å². The predicted octanol–water partition coefficient (Wildman–Crippen LogP) is 3.29. The van der Waals surface area contributed by atoms with Crippen molar-refractivity contribution in [1.82, 2.24) is 19.8 Å². The number of para-hydroxylation sites is 2. The van der Waals surface area contributed by atoms with Gasteiger partial charge in [0.1, 0.15) is 5.82 Å². The molecule has 0 bridgehead atoms. The molecule has 0 radical (unpaired) electrons. The van der Waals surface area contributed by atoms with Crippen molar-refractivity contribution in [3.05, 3.63) is 70.3 Å². The van der Waals surface area contributed by atoms with E-state index in [4.69, 9.17) is 0 Å². The van der Waals surface area contributed by atoms with Crippen LogP contribution in [0.3, 0.4) is 0 Å². The van der Waals surface area contributed by atoms with Gasteiger partial charge in [-0.2, -0.15) is 13.2 Å². The molecule has 1 saturated heterocycles. The number of aromatic amines is 1. The van der Waals surface area contributed by atoms with Crippen LogP contribution in [0.1, 0.15) is 11.4 Å². The molecule has 2 heterocycles. The van der Waals surface area contributed by atoms with Crippen LogP contribution < -0.4 is 10.9 Å². The van der Waals surface area contributed by atoms with E-state index in [2.05, 4.69) is 15.3 Å². The number of nitrogens with one attached hydrogen (secondary N) is 2. The average molecular weight is 431 g/mol. The molecule has 1 fully saturated rings. The van der Waals surface area contributed by atoms with Crippen molar-refractivity contribution in [2.75, 3.05) is 31.5 Å². The second-order valence-corrected chi connectivity index (χ2v) is 7.27. The molecular formula is C21H20F3N5O2. The summed E-state index contributed by atoms with van der Waals surface area (Å²) >= 11 is 0. The summed E-state index contributed by atoms with van der Waals surface area (Å²) in [5.41, 5.74) is -0.738. The van der Waals surface area contributed by atoms with Gasteiger partial charge in [-0.05, 0) is 24.3 Å². The fourth-order valence-electron chi connectivity index (χ4n) is 3.56. The number of rotatable bonds is 3. The lowest BCUT2D eigenvalue weighted by atomic mass is 10.1. The van der Waals surface area contributed by atoms with Crippen molar-refractivity contribution in [3.8, 4) is 0 Å². The van der Waals surface area contributed by atoms with E-state index < -0.39 is 17.8 Å². The van der Waals surface area contributed by atoms with Gasteiger partial charge in [-0.1, -0.05) is 24.3 Å². The molecule has 31 heavy (non-hydrogen) atoms. The third-order valence-electron chi connectivity index (χ3n) is 5.17. The Morgan fingerprint density at radius 3 is 2.45 bits per heavy atom. The molecule has 3 aromatic rings. The number of fused-ring (bicyclic) bond motifs is 1. The van der Waals surface area contributed by atoms with Crippen LogP contribution in [-0.2, 0) is 12.7 Å². The highest BCUT2D eigenvalue weighted by Crippen LogP contribution is 2.34. The van der Waals surface area contributed by atoms with E-state index in [9.17, 15) is 22.8 Å². The largest absolute Gasteiger partial charge is 0.418 e. The van der Waals surface area contributed by atoms with Gasteiger partial charge in [-0.15, -0.1) is 0 Å². The quantitative estimate of drug-likeness (QED) is 0.667. The Bertz CT molecular complexity index is 1150. The molecular weight excluding hydrogens is 411 g/mol. The number of alkyl halides is 3. The number of aromatic nitrogens is 2. The molecule has 0 spiro atoms. The lowest BCUT2D eigenvalue weighted by molar-refractivity contribution is -0.136. The van der Waals surface area contributed by atoms with Crippen LogP contribution in [-0.4, -0.2) is 52.0 Å². The van der Waals surface area contributed by atoms with Gasteiger partial charge < -0.3 is 15.2 Å². The monoisotopic (exact) mass is 431 g/mol. The lowest BCUT2D eigenvalue weighted by Crippen LogP contribution is -2.49. The Balaban J connectivity index is 1.37. The molecule has 10 heteroatoms. The summed E-state index contributed by atoms with van der Waals surface area (Å²) in [4.78, 5) is 35.4. The van der Waals surface area contributed by atoms with Crippen molar-refractivity contribution >= 4 is 22.6 Å². The Labute approximate surface area is 175 Å². The minimum Gasteiger partial charge on any atom is -0.322 e. The molecule has 0 aliphatic carbocycles. The van der Waals surface area contributed by atoms with Gasteiger partial charge in [-0.3, -0.25) is 9.69 Å². The van der Waals surface area contributed by atoms with E-state index in [-0.39, 0.29) is 11.2 Å². The Hall–Kier alpha value is -3.40. The first kappa shape index (κ1) is 20.9. The van der Waals surface area contributed by atoms with E-state index >= 15 is 0 Å². The molecule has 1 aromatic heterocycles. The third-order valence-corrected chi connectivity index (χ3v) is 5.17. The highest BCUT2D eigenvalue weighted by atomic mass is 19.4. The lowest BCUT2D eigenvalue weighted by Gasteiger charge is -2.34. The van der Waals surface area contributed by atoms with Crippen LogP contribution in [0.25, 0.3) is 10.9 Å². The number of hydrogen-bond donors (Lipinski definition) is 2. The first-order valence-electron chi connectivity index (χ1n) is 9.74. The number of benzene rings is 2. The number of anilines is 1. The maximum Gasteiger partial charge on any atom is 0.418 e. The molecule has 2 amide bonds. The first-order valence-corrected chi connectivity index (χ1v) is 9.74. The van der Waals surface area contributed by atoms with Crippen LogP contribution in [0.5, 0.6) is 0 Å². The van der Waals surface area contributed by atoms with Gasteiger partial charge in [-0.25, -0.2) is 9.78 Å². The number of hydrogen-bond acceptors (Lipinski definition) is 4. The zero-order chi connectivity index (χ0) is 22.0. The summed E-state index contributed by atoms with van der Waals surface area (Å²) in [5, 5.41) is 2.89. The van der Waals surface area contributed by atoms with Crippen LogP contribution >= 0.6 is 0 Å². The molecule has 4 rings (SSSR count). The number of H-pyrrole nitrogens is 1. The standard InChI is InChI=1S/C21H20F3N5O2/c22-21(23,24)15-6-2-4-8-17(15)26-20(31)29-11-9-28(10-12-29)13-18-25-16-7-3-1-5-14(16)19(30)27-18/h1-8H,9-13H2,(H,26,31)(H,25,27,30). The molecule has 2 N–H and O–H groups in total. The summed E-state index contributed by atoms with van der Waals surface area (Å²) in [6.07, 6.45) is -4.55. The molecule has 1 aliphatic rings. The topological polar surface area (TPSA) is 81.3 Å². The van der Waals surface area contributed by atoms with E-state index in [1.54, 1.807) is 18.2 Å². The maximum absolute atomic E-state index is 13.1. The highest BCUT2D eigenvalue weighted by molar-refractivity contribution is 5.90. The zero-order valence-corrected chi connectivity index (χ0v) is 16.4. The normalized spacial score (nSPS) is 15.3. The minimum absolute atomic E-state index is 0.207. The third kappa shape index (κ3) is 4.69. The molecule has 0 saturated carbocycles. The van der Waals surface area contributed by atoms with Crippen LogP contribution in [0.15, 0.2) is 53.3 Å². The van der Waals surface area contributed by atoms with Crippen LogP contribution in [0.2, 0.25) is 0 Å². The van der Waals surface area contributed by atoms with Gasteiger partial charge in [0.15, 0.2) is 0 Å². The summed E-state index contributed by atoms with van der Waals surface area (Å²) in [6, 6.07) is 11.4. The van der Waals surface area contributed by atoms with Crippen LogP contribution in [0, 0.1) is 0 Å². The van der Waals surface area contributed by atoms with E-state index in [0.29, 0.717) is 49.5 Å². The Kier molecular flexibility index (Phi) is 5.64. The van der Waals surface area contributed by atoms with Crippen molar-refractivity contribution in [2.45, 2.75) is 12.7 Å². The van der Waals surface area contributed by atoms with Gasteiger partial charge in [0.25, 0.3) is 5.56 Å². The van der Waals surface area contributed by atoms with Gasteiger partial charge in [0.05, 0.1) is 28.7 Å². The van der Waals surface area contributed by atoms with Gasteiger partial charge >= 0.3 is 12.2 Å². The fourth-order valence-corrected chi connectivity index (χ4v) is 3.56. The summed E-state index contributed by atoms with van der Waals surface area (Å²) in [5.74, 6) is 0.528. The molecule has 7 nitrogen and oxygen atoms in total. The number of carbonyl (C=O) groups is 1. The minimum atomic E-state index is -4.55. The summed E-state index contributed by atoms with van der Waals surface area (Å²) in [6.45, 7) is 2.11. The first-order chi connectivity index (χ1) is 14.8. The smallest absolute Gasteiger partial charge is 0.322 e. The van der Waals surface area contributed by atoms with Crippen molar-refractivity contribution in [3.63, 3.8) is 0 Å². The Morgan fingerprint density at radius 1 is 1.03 bits per heavy atom. The number of halogens is 3. The number of nitrogens with zero attached hydrogens (tertiary/aromatic N) is 3. The van der Waals surface area contributed by atoms with Crippen LogP contribution in [0.4, 0.5) is 23.7 Å². The number of piperazine rings is 1.